The van der Waals surface area contributed by atoms with Crippen molar-refractivity contribution in [3.05, 3.63) is 29.8 Å². The summed E-state index contributed by atoms with van der Waals surface area (Å²) in [5.74, 6) is 1.61. The molecule has 1 aliphatic carbocycles. The van der Waals surface area contributed by atoms with Gasteiger partial charge in [0.05, 0.1) is 12.2 Å². The van der Waals surface area contributed by atoms with Crippen molar-refractivity contribution < 1.29 is 9.84 Å². The van der Waals surface area contributed by atoms with E-state index in [-0.39, 0.29) is 5.92 Å². The molecule has 0 amide bonds. The van der Waals surface area contributed by atoms with Gasteiger partial charge in [0.25, 0.3) is 0 Å². The fourth-order valence-corrected chi connectivity index (χ4v) is 1.82. The fourth-order valence-electron chi connectivity index (χ4n) is 1.82. The Morgan fingerprint density at radius 3 is 2.53 bits per heavy atom. The third-order valence-electron chi connectivity index (χ3n) is 3.58. The molecule has 1 aromatic rings. The van der Waals surface area contributed by atoms with Crippen LogP contribution in [0.3, 0.4) is 0 Å². The molecular formula is C15H22O2. The predicted molar refractivity (Wildman–Crippen MR) is 69.1 cm³/mol. The van der Waals surface area contributed by atoms with E-state index in [1.807, 2.05) is 24.3 Å². The molecule has 94 valence electrons. The monoisotopic (exact) mass is 234 g/mol. The van der Waals surface area contributed by atoms with Crippen molar-refractivity contribution in [1.29, 1.82) is 0 Å². The third-order valence-corrected chi connectivity index (χ3v) is 3.58. The van der Waals surface area contributed by atoms with E-state index in [0.29, 0.717) is 12.0 Å². The fraction of sp³-hybridized carbons (Fsp3) is 0.600. The smallest absolute Gasteiger partial charge is 0.120 e. The molecule has 2 heteroatoms. The van der Waals surface area contributed by atoms with E-state index in [0.717, 1.165) is 24.2 Å². The Kier molecular flexibility index (Phi) is 3.72. The number of hydrogen-bond donors (Lipinski definition) is 1. The van der Waals surface area contributed by atoms with Gasteiger partial charge in [0.15, 0.2) is 0 Å². The minimum absolute atomic E-state index is 0.256. The van der Waals surface area contributed by atoms with E-state index >= 15 is 0 Å². The Bertz CT molecular complexity index is 369. The molecule has 2 atom stereocenters. The quantitative estimate of drug-likeness (QED) is 0.844. The van der Waals surface area contributed by atoms with Crippen LogP contribution in [0, 0.1) is 11.8 Å². The standard InChI is InChI=1S/C15H22O2/c1-10(2)11(3)15(16)12-5-4-6-14(9-12)17-13-7-8-13/h4-6,9-11,13,15-16H,7-8H2,1-3H3. The molecule has 1 aromatic carbocycles. The summed E-state index contributed by atoms with van der Waals surface area (Å²) >= 11 is 0. The first-order valence-electron chi connectivity index (χ1n) is 6.52. The second-order valence-corrected chi connectivity index (χ2v) is 5.44. The first-order valence-corrected chi connectivity index (χ1v) is 6.52. The van der Waals surface area contributed by atoms with Crippen molar-refractivity contribution in [3.63, 3.8) is 0 Å². The summed E-state index contributed by atoms with van der Waals surface area (Å²) in [4.78, 5) is 0. The Morgan fingerprint density at radius 1 is 1.24 bits per heavy atom. The highest BCUT2D eigenvalue weighted by molar-refractivity contribution is 5.30. The van der Waals surface area contributed by atoms with Crippen molar-refractivity contribution in [2.45, 2.75) is 45.8 Å². The van der Waals surface area contributed by atoms with Gasteiger partial charge >= 0.3 is 0 Å². The van der Waals surface area contributed by atoms with E-state index in [1.165, 1.54) is 0 Å². The predicted octanol–water partition coefficient (Wildman–Crippen LogP) is 3.55. The van der Waals surface area contributed by atoms with Gasteiger partial charge < -0.3 is 9.84 Å². The van der Waals surface area contributed by atoms with E-state index in [2.05, 4.69) is 20.8 Å². The van der Waals surface area contributed by atoms with E-state index in [1.54, 1.807) is 0 Å². The van der Waals surface area contributed by atoms with Crippen LogP contribution in [0.15, 0.2) is 24.3 Å². The molecule has 0 aliphatic heterocycles. The number of ether oxygens (including phenoxy) is 1. The first-order chi connectivity index (χ1) is 8.08. The van der Waals surface area contributed by atoms with Crippen LogP contribution in [-0.4, -0.2) is 11.2 Å². The zero-order valence-corrected chi connectivity index (χ0v) is 10.9. The van der Waals surface area contributed by atoms with E-state index in [9.17, 15) is 5.11 Å². The van der Waals surface area contributed by atoms with Crippen molar-refractivity contribution in [2.24, 2.45) is 11.8 Å². The molecule has 2 unspecified atom stereocenters. The van der Waals surface area contributed by atoms with Crippen LogP contribution in [-0.2, 0) is 0 Å². The lowest BCUT2D eigenvalue weighted by molar-refractivity contribution is 0.0918. The molecule has 0 spiro atoms. The van der Waals surface area contributed by atoms with Crippen molar-refractivity contribution in [3.8, 4) is 5.75 Å². The Balaban J connectivity index is 2.08. The molecule has 17 heavy (non-hydrogen) atoms. The number of hydrogen-bond acceptors (Lipinski definition) is 2. The van der Waals surface area contributed by atoms with Crippen LogP contribution in [0.4, 0.5) is 0 Å². The number of rotatable bonds is 5. The van der Waals surface area contributed by atoms with Gasteiger partial charge in [0.1, 0.15) is 5.75 Å². The molecular weight excluding hydrogens is 212 g/mol. The molecule has 0 aromatic heterocycles. The number of aliphatic hydroxyl groups excluding tert-OH is 1. The SMILES string of the molecule is CC(C)C(C)C(O)c1cccc(OC2CC2)c1. The molecule has 1 saturated carbocycles. The highest BCUT2D eigenvalue weighted by Gasteiger charge is 2.24. The minimum atomic E-state index is -0.405. The summed E-state index contributed by atoms with van der Waals surface area (Å²) in [5.41, 5.74) is 0.962. The second-order valence-electron chi connectivity index (χ2n) is 5.44. The maximum atomic E-state index is 10.3. The van der Waals surface area contributed by atoms with Gasteiger partial charge in [-0.25, -0.2) is 0 Å². The molecule has 2 nitrogen and oxygen atoms in total. The van der Waals surface area contributed by atoms with Gasteiger partial charge in [-0.1, -0.05) is 32.9 Å². The highest BCUT2D eigenvalue weighted by atomic mass is 16.5. The van der Waals surface area contributed by atoms with Crippen LogP contribution < -0.4 is 4.74 Å². The van der Waals surface area contributed by atoms with E-state index in [4.69, 9.17) is 4.74 Å². The van der Waals surface area contributed by atoms with E-state index < -0.39 is 6.10 Å². The van der Waals surface area contributed by atoms with Gasteiger partial charge in [-0.15, -0.1) is 0 Å². The molecule has 2 rings (SSSR count). The topological polar surface area (TPSA) is 29.5 Å². The van der Waals surface area contributed by atoms with Crippen LogP contribution >= 0.6 is 0 Å². The normalized spacial score (nSPS) is 19.1. The summed E-state index contributed by atoms with van der Waals surface area (Å²) in [6.45, 7) is 6.36. The van der Waals surface area contributed by atoms with Crippen molar-refractivity contribution in [2.75, 3.05) is 0 Å². The summed E-state index contributed by atoms with van der Waals surface area (Å²) in [6.07, 6.45) is 2.33. The van der Waals surface area contributed by atoms with Crippen molar-refractivity contribution >= 4 is 0 Å². The summed E-state index contributed by atoms with van der Waals surface area (Å²) in [6, 6.07) is 7.88. The molecule has 1 fully saturated rings. The Morgan fingerprint density at radius 2 is 1.94 bits per heavy atom. The largest absolute Gasteiger partial charge is 0.490 e. The average molecular weight is 234 g/mol. The second kappa shape index (κ2) is 5.09. The van der Waals surface area contributed by atoms with Gasteiger partial charge in [0.2, 0.25) is 0 Å². The maximum Gasteiger partial charge on any atom is 0.120 e. The lowest BCUT2D eigenvalue weighted by atomic mass is 9.88. The Labute approximate surface area is 104 Å². The van der Waals surface area contributed by atoms with Gasteiger partial charge in [-0.05, 0) is 42.4 Å². The Hall–Kier alpha value is -1.02. The molecule has 0 saturated heterocycles. The molecule has 0 radical (unpaired) electrons. The zero-order chi connectivity index (χ0) is 12.4. The molecule has 1 aliphatic rings. The van der Waals surface area contributed by atoms with Gasteiger partial charge in [0, 0.05) is 0 Å². The van der Waals surface area contributed by atoms with Crippen LogP contribution in [0.1, 0.15) is 45.3 Å². The van der Waals surface area contributed by atoms with Crippen LogP contribution in [0.5, 0.6) is 5.75 Å². The third kappa shape index (κ3) is 3.22. The maximum absolute atomic E-state index is 10.3. The lowest BCUT2D eigenvalue weighted by Gasteiger charge is -2.23. The number of aliphatic hydroxyl groups is 1. The van der Waals surface area contributed by atoms with Gasteiger partial charge in [-0.2, -0.15) is 0 Å². The first kappa shape index (κ1) is 12.4. The van der Waals surface area contributed by atoms with Crippen molar-refractivity contribution in [1.82, 2.24) is 0 Å². The summed E-state index contributed by atoms with van der Waals surface area (Å²) in [7, 11) is 0. The minimum Gasteiger partial charge on any atom is -0.490 e. The molecule has 0 bridgehead atoms. The molecule has 1 N–H and O–H groups in total. The van der Waals surface area contributed by atoms with Crippen LogP contribution in [0.2, 0.25) is 0 Å². The summed E-state index contributed by atoms with van der Waals surface area (Å²) in [5, 5.41) is 10.3. The molecule has 0 heterocycles. The van der Waals surface area contributed by atoms with Crippen LogP contribution in [0.25, 0.3) is 0 Å². The highest BCUT2D eigenvalue weighted by Crippen LogP contribution is 2.31. The number of benzene rings is 1. The average Bonchev–Trinajstić information content (AvgIpc) is 3.11. The zero-order valence-electron chi connectivity index (χ0n) is 10.9. The lowest BCUT2D eigenvalue weighted by Crippen LogP contribution is -2.15. The van der Waals surface area contributed by atoms with Gasteiger partial charge in [-0.3, -0.25) is 0 Å². The summed E-state index contributed by atoms with van der Waals surface area (Å²) < 4.78 is 5.75.